The van der Waals surface area contributed by atoms with E-state index in [-0.39, 0.29) is 5.78 Å². The Morgan fingerprint density at radius 1 is 1.05 bits per heavy atom. The summed E-state index contributed by atoms with van der Waals surface area (Å²) in [7, 11) is 0. The molecule has 0 atom stereocenters. The molecule has 1 heterocycles. The van der Waals surface area contributed by atoms with Crippen LogP contribution >= 0.6 is 0 Å². The lowest BCUT2D eigenvalue weighted by atomic mass is 10.00. The van der Waals surface area contributed by atoms with Crippen LogP contribution in [0.1, 0.15) is 21.6 Å². The number of pyridine rings is 1. The number of aryl methyl sites for hydroxylation is 1. The Morgan fingerprint density at radius 2 is 1.80 bits per heavy atom. The van der Waals surface area contributed by atoms with Gasteiger partial charge in [-0.15, -0.1) is 0 Å². The fraction of sp³-hybridized carbons (Fsp3) is 0.0588. The molecule has 0 spiro atoms. The molecule has 0 bridgehead atoms. The molecular formula is C17H14N2O. The number of hydrogen-bond donors (Lipinski definition) is 1. The van der Waals surface area contributed by atoms with Crippen LogP contribution in [0.15, 0.2) is 54.6 Å². The molecule has 1 aromatic heterocycles. The lowest BCUT2D eigenvalue weighted by Gasteiger charge is -2.08. The highest BCUT2D eigenvalue weighted by Gasteiger charge is 2.14. The number of fused-ring (bicyclic) bond motifs is 1. The van der Waals surface area contributed by atoms with Gasteiger partial charge < -0.3 is 5.73 Å². The Morgan fingerprint density at radius 3 is 2.55 bits per heavy atom. The third kappa shape index (κ3) is 2.03. The first kappa shape index (κ1) is 12.4. The summed E-state index contributed by atoms with van der Waals surface area (Å²) >= 11 is 0. The van der Waals surface area contributed by atoms with Gasteiger partial charge in [0, 0.05) is 22.2 Å². The molecule has 2 aromatic carbocycles. The van der Waals surface area contributed by atoms with Crippen LogP contribution in [0.5, 0.6) is 0 Å². The van der Waals surface area contributed by atoms with Gasteiger partial charge in [-0.05, 0) is 19.1 Å². The van der Waals surface area contributed by atoms with Gasteiger partial charge in [0.05, 0.1) is 11.2 Å². The fourth-order valence-electron chi connectivity index (χ4n) is 2.29. The number of carbonyl (C=O) groups is 1. The topological polar surface area (TPSA) is 56.0 Å². The van der Waals surface area contributed by atoms with Crippen molar-refractivity contribution in [3.63, 3.8) is 0 Å². The van der Waals surface area contributed by atoms with E-state index >= 15 is 0 Å². The van der Waals surface area contributed by atoms with Crippen molar-refractivity contribution >= 4 is 22.4 Å². The highest BCUT2D eigenvalue weighted by Crippen LogP contribution is 2.23. The summed E-state index contributed by atoms with van der Waals surface area (Å²) in [6.45, 7) is 1.84. The standard InChI is InChI=1S/C17H14N2O/c1-11-14(17(20)12-6-3-2-4-7-12)10-13-8-5-9-15(18)16(13)19-11/h2-10H,18H2,1H3. The van der Waals surface area contributed by atoms with Gasteiger partial charge >= 0.3 is 0 Å². The molecule has 0 aliphatic rings. The first-order chi connectivity index (χ1) is 9.66. The zero-order valence-electron chi connectivity index (χ0n) is 11.1. The summed E-state index contributed by atoms with van der Waals surface area (Å²) in [5.74, 6) is -0.0140. The number of aromatic nitrogens is 1. The van der Waals surface area contributed by atoms with E-state index in [1.807, 2.05) is 61.5 Å². The minimum absolute atomic E-state index is 0.0140. The number of carbonyl (C=O) groups excluding carboxylic acids is 1. The number of rotatable bonds is 2. The molecule has 2 N–H and O–H groups in total. The highest BCUT2D eigenvalue weighted by molar-refractivity contribution is 6.11. The molecule has 3 nitrogen and oxygen atoms in total. The van der Waals surface area contributed by atoms with Gasteiger partial charge in [0.25, 0.3) is 0 Å². The Balaban J connectivity index is 2.17. The monoisotopic (exact) mass is 262 g/mol. The van der Waals surface area contributed by atoms with Crippen LogP contribution in [0.3, 0.4) is 0 Å². The van der Waals surface area contributed by atoms with Crippen molar-refractivity contribution in [1.82, 2.24) is 4.98 Å². The third-order valence-electron chi connectivity index (χ3n) is 3.35. The summed E-state index contributed by atoms with van der Waals surface area (Å²) in [6, 6.07) is 16.7. The van der Waals surface area contributed by atoms with Gasteiger partial charge in [-0.1, -0.05) is 42.5 Å². The lowest BCUT2D eigenvalue weighted by Crippen LogP contribution is -2.05. The maximum atomic E-state index is 12.5. The van der Waals surface area contributed by atoms with Gasteiger partial charge in [-0.3, -0.25) is 9.78 Å². The van der Waals surface area contributed by atoms with E-state index in [1.54, 1.807) is 0 Å². The molecule has 3 aromatic rings. The van der Waals surface area contributed by atoms with E-state index < -0.39 is 0 Å². The summed E-state index contributed by atoms with van der Waals surface area (Å²) in [4.78, 5) is 17.0. The van der Waals surface area contributed by atoms with Crippen molar-refractivity contribution in [2.75, 3.05) is 5.73 Å². The molecule has 0 amide bonds. The summed E-state index contributed by atoms with van der Waals surface area (Å²) in [6.07, 6.45) is 0. The molecule has 0 aliphatic heterocycles. The van der Waals surface area contributed by atoms with Crippen LogP contribution in [0.2, 0.25) is 0 Å². The van der Waals surface area contributed by atoms with Crippen LogP contribution in [-0.4, -0.2) is 10.8 Å². The molecule has 0 aliphatic carbocycles. The number of benzene rings is 2. The Bertz CT molecular complexity index is 795. The third-order valence-corrected chi connectivity index (χ3v) is 3.35. The predicted molar refractivity (Wildman–Crippen MR) is 80.8 cm³/mol. The normalized spacial score (nSPS) is 10.7. The van der Waals surface area contributed by atoms with Gasteiger partial charge in [-0.25, -0.2) is 0 Å². The first-order valence-corrected chi connectivity index (χ1v) is 6.42. The summed E-state index contributed by atoms with van der Waals surface area (Å²) < 4.78 is 0. The van der Waals surface area contributed by atoms with Crippen LogP contribution < -0.4 is 5.73 Å². The molecule has 0 unspecified atom stereocenters. The van der Waals surface area contributed by atoms with Crippen molar-refractivity contribution in [3.05, 3.63) is 71.4 Å². The number of para-hydroxylation sites is 1. The fourth-order valence-corrected chi connectivity index (χ4v) is 2.29. The zero-order valence-corrected chi connectivity index (χ0v) is 11.1. The van der Waals surface area contributed by atoms with E-state index in [0.717, 1.165) is 10.9 Å². The van der Waals surface area contributed by atoms with Gasteiger partial charge in [0.1, 0.15) is 0 Å². The van der Waals surface area contributed by atoms with Gasteiger partial charge in [-0.2, -0.15) is 0 Å². The Kier molecular flexibility index (Phi) is 2.95. The number of ketones is 1. The second-order valence-electron chi connectivity index (χ2n) is 4.74. The van der Waals surface area contributed by atoms with E-state index in [0.29, 0.717) is 22.5 Å². The SMILES string of the molecule is Cc1nc2c(N)cccc2cc1C(=O)c1ccccc1. The van der Waals surface area contributed by atoms with E-state index in [4.69, 9.17) is 5.73 Å². The molecule has 0 saturated carbocycles. The van der Waals surface area contributed by atoms with Gasteiger partial charge in [0.15, 0.2) is 5.78 Å². The van der Waals surface area contributed by atoms with Crippen molar-refractivity contribution in [1.29, 1.82) is 0 Å². The second kappa shape index (κ2) is 4.78. The highest BCUT2D eigenvalue weighted by atomic mass is 16.1. The molecule has 0 fully saturated rings. The van der Waals surface area contributed by atoms with E-state index in [1.165, 1.54) is 0 Å². The van der Waals surface area contributed by atoms with Crippen LogP contribution in [0.4, 0.5) is 5.69 Å². The van der Waals surface area contributed by atoms with Crippen molar-refractivity contribution in [2.24, 2.45) is 0 Å². The minimum Gasteiger partial charge on any atom is -0.397 e. The lowest BCUT2D eigenvalue weighted by molar-refractivity contribution is 0.103. The maximum absolute atomic E-state index is 12.5. The minimum atomic E-state index is -0.0140. The molecule has 98 valence electrons. The number of nitrogens with zero attached hydrogens (tertiary/aromatic N) is 1. The average Bonchev–Trinajstić information content (AvgIpc) is 2.48. The van der Waals surface area contributed by atoms with Crippen LogP contribution in [0, 0.1) is 6.92 Å². The molecule has 3 heteroatoms. The molecule has 20 heavy (non-hydrogen) atoms. The van der Waals surface area contributed by atoms with E-state index in [2.05, 4.69) is 4.98 Å². The second-order valence-corrected chi connectivity index (χ2v) is 4.74. The summed E-state index contributed by atoms with van der Waals surface area (Å²) in [5, 5.41) is 0.884. The number of hydrogen-bond acceptors (Lipinski definition) is 3. The Hall–Kier alpha value is -2.68. The smallest absolute Gasteiger partial charge is 0.194 e. The number of nitrogens with two attached hydrogens (primary N) is 1. The van der Waals surface area contributed by atoms with Crippen LogP contribution in [0.25, 0.3) is 10.9 Å². The quantitative estimate of drug-likeness (QED) is 0.569. The predicted octanol–water partition coefficient (Wildman–Crippen LogP) is 3.36. The molecule has 0 saturated heterocycles. The largest absolute Gasteiger partial charge is 0.397 e. The first-order valence-electron chi connectivity index (χ1n) is 6.42. The van der Waals surface area contributed by atoms with Crippen molar-refractivity contribution in [2.45, 2.75) is 6.92 Å². The molecule has 3 rings (SSSR count). The van der Waals surface area contributed by atoms with Crippen molar-refractivity contribution < 1.29 is 4.79 Å². The number of nitrogen functional groups attached to an aromatic ring is 1. The Labute approximate surface area is 117 Å². The van der Waals surface area contributed by atoms with Gasteiger partial charge in [0.2, 0.25) is 0 Å². The molecular weight excluding hydrogens is 248 g/mol. The number of anilines is 1. The molecule has 0 radical (unpaired) electrons. The zero-order chi connectivity index (χ0) is 14.1. The van der Waals surface area contributed by atoms with Crippen molar-refractivity contribution in [3.8, 4) is 0 Å². The maximum Gasteiger partial charge on any atom is 0.194 e. The average molecular weight is 262 g/mol. The van der Waals surface area contributed by atoms with Crippen LogP contribution in [-0.2, 0) is 0 Å². The summed E-state index contributed by atoms with van der Waals surface area (Å²) in [5.41, 5.74) is 9.27. The van der Waals surface area contributed by atoms with E-state index in [9.17, 15) is 4.79 Å².